The molecule has 3 heterocycles. The Hall–Kier alpha value is -2.77. The lowest BCUT2D eigenvalue weighted by atomic mass is 9.96. The van der Waals surface area contributed by atoms with Crippen LogP contribution in [-0.4, -0.2) is 193 Å². The van der Waals surface area contributed by atoms with Gasteiger partial charge in [0, 0.05) is 6.42 Å². The Kier molecular flexibility index (Phi) is 46.7. The van der Waals surface area contributed by atoms with Crippen molar-refractivity contribution in [1.29, 1.82) is 0 Å². The van der Waals surface area contributed by atoms with Crippen molar-refractivity contribution in [3.05, 3.63) is 72.9 Å². The average molecular weight is 1270 g/mol. The summed E-state index contributed by atoms with van der Waals surface area (Å²) < 4.78 is 34.3. The first-order valence-electron chi connectivity index (χ1n) is 34.7. The van der Waals surface area contributed by atoms with Gasteiger partial charge < -0.3 is 89.9 Å². The number of aliphatic hydroxyl groups excluding tert-OH is 11. The molecule has 516 valence electrons. The molecule has 12 N–H and O–H groups in total. The van der Waals surface area contributed by atoms with Crippen molar-refractivity contribution < 1.29 is 89.4 Å². The summed E-state index contributed by atoms with van der Waals surface area (Å²) in [4.78, 5) is 13.4. The molecule has 0 aromatic heterocycles. The zero-order chi connectivity index (χ0) is 64.7. The van der Waals surface area contributed by atoms with E-state index in [9.17, 15) is 61.0 Å². The van der Waals surface area contributed by atoms with Crippen molar-refractivity contribution in [2.75, 3.05) is 26.4 Å². The lowest BCUT2D eigenvalue weighted by molar-refractivity contribution is -0.379. The number of unbranched alkanes of at least 4 members (excludes halogenated alkanes) is 26. The molecule has 0 aromatic rings. The maximum Gasteiger partial charge on any atom is 0.220 e. The van der Waals surface area contributed by atoms with Crippen LogP contribution >= 0.6 is 0 Å². The second kappa shape index (κ2) is 51.6. The first-order chi connectivity index (χ1) is 43.3. The van der Waals surface area contributed by atoms with Crippen molar-refractivity contribution in [3.8, 4) is 0 Å². The van der Waals surface area contributed by atoms with Gasteiger partial charge in [-0.3, -0.25) is 4.79 Å². The molecule has 3 saturated heterocycles. The van der Waals surface area contributed by atoms with Gasteiger partial charge in [-0.2, -0.15) is 0 Å². The maximum absolute atomic E-state index is 13.4. The zero-order valence-corrected chi connectivity index (χ0v) is 54.4. The van der Waals surface area contributed by atoms with E-state index in [0.717, 1.165) is 70.6 Å². The van der Waals surface area contributed by atoms with E-state index < -0.39 is 124 Å². The number of hydrogen-bond donors (Lipinski definition) is 12. The Morgan fingerprint density at radius 1 is 0.404 bits per heavy atom. The number of nitrogens with one attached hydrogen (secondary N) is 1. The fourth-order valence-electron chi connectivity index (χ4n) is 11.3. The smallest absolute Gasteiger partial charge is 0.220 e. The third-order valence-electron chi connectivity index (χ3n) is 17.0. The van der Waals surface area contributed by atoms with Crippen LogP contribution in [0.15, 0.2) is 72.9 Å². The summed E-state index contributed by atoms with van der Waals surface area (Å²) >= 11 is 0. The van der Waals surface area contributed by atoms with Gasteiger partial charge in [-0.1, -0.05) is 215 Å². The van der Waals surface area contributed by atoms with Crippen molar-refractivity contribution in [2.45, 2.75) is 336 Å². The van der Waals surface area contributed by atoms with Gasteiger partial charge in [-0.25, -0.2) is 0 Å². The lowest BCUT2D eigenvalue weighted by Crippen LogP contribution is -2.66. The molecule has 3 aliphatic rings. The summed E-state index contributed by atoms with van der Waals surface area (Å²) in [7, 11) is 0. The van der Waals surface area contributed by atoms with Crippen LogP contribution in [0, 0.1) is 0 Å². The molecule has 0 aliphatic carbocycles. The SMILES string of the molecule is CCCCCCC/C=C\C/C=C\C/C=C\CCCCCCCCCCC(=O)NC(COC1OC(CO)C(OC2OC(CO)C(OC3OC(CO)C(O)C(O)C3O)C(O)C2O)C(O)C1O)C(O)/C=C/CC/C=C/CC/C=C/CCCCCCCCCCCCC. The second-order valence-electron chi connectivity index (χ2n) is 24.6. The molecular formula is C70H123NO18. The fraction of sp³-hybridized carbons (Fsp3) is 0.814. The van der Waals surface area contributed by atoms with E-state index in [0.29, 0.717) is 12.8 Å². The highest BCUT2D eigenvalue weighted by atomic mass is 16.8. The van der Waals surface area contributed by atoms with Gasteiger partial charge >= 0.3 is 0 Å². The van der Waals surface area contributed by atoms with E-state index >= 15 is 0 Å². The molecular weight excluding hydrogens is 1140 g/mol. The highest BCUT2D eigenvalue weighted by Crippen LogP contribution is 2.33. The number of allylic oxidation sites excluding steroid dienone is 11. The molecule has 0 radical (unpaired) electrons. The lowest BCUT2D eigenvalue weighted by Gasteiger charge is -2.48. The van der Waals surface area contributed by atoms with E-state index in [1.54, 1.807) is 6.08 Å². The molecule has 17 unspecified atom stereocenters. The van der Waals surface area contributed by atoms with Crippen LogP contribution in [0.5, 0.6) is 0 Å². The molecule has 0 aromatic carbocycles. The van der Waals surface area contributed by atoms with E-state index in [1.165, 1.54) is 128 Å². The van der Waals surface area contributed by atoms with Crippen LogP contribution in [0.1, 0.15) is 232 Å². The van der Waals surface area contributed by atoms with Crippen LogP contribution in [0.25, 0.3) is 0 Å². The molecule has 19 heteroatoms. The first-order valence-corrected chi connectivity index (χ1v) is 34.7. The van der Waals surface area contributed by atoms with Crippen LogP contribution in [-0.2, 0) is 33.2 Å². The topological polar surface area (TPSA) is 307 Å². The molecule has 0 bridgehead atoms. The minimum absolute atomic E-state index is 0.220. The Balaban J connectivity index is 1.47. The molecule has 3 aliphatic heterocycles. The van der Waals surface area contributed by atoms with Gasteiger partial charge in [0.1, 0.15) is 73.2 Å². The summed E-state index contributed by atoms with van der Waals surface area (Å²) in [5.74, 6) is -0.298. The first kappa shape index (κ1) is 80.5. The van der Waals surface area contributed by atoms with Gasteiger partial charge in [0.05, 0.1) is 38.6 Å². The van der Waals surface area contributed by atoms with Crippen LogP contribution in [0.2, 0.25) is 0 Å². The normalized spacial score (nSPS) is 28.7. The summed E-state index contributed by atoms with van der Waals surface area (Å²) in [6.45, 7) is 1.69. The second-order valence-corrected chi connectivity index (χ2v) is 24.6. The third-order valence-corrected chi connectivity index (χ3v) is 17.0. The fourth-order valence-corrected chi connectivity index (χ4v) is 11.3. The molecule has 0 saturated carbocycles. The number of amides is 1. The molecule has 3 rings (SSSR count). The Labute approximate surface area is 534 Å². The predicted molar refractivity (Wildman–Crippen MR) is 346 cm³/mol. The molecule has 19 nitrogen and oxygen atoms in total. The van der Waals surface area contributed by atoms with Gasteiger partial charge in [-0.15, -0.1) is 0 Å². The highest BCUT2D eigenvalue weighted by molar-refractivity contribution is 5.76. The Bertz CT molecular complexity index is 1900. The van der Waals surface area contributed by atoms with Crippen molar-refractivity contribution >= 4 is 5.91 Å². The number of aliphatic hydroxyl groups is 11. The molecule has 0 spiro atoms. The largest absolute Gasteiger partial charge is 0.394 e. The number of rotatable bonds is 52. The summed E-state index contributed by atoms with van der Waals surface area (Å²) in [6, 6.07) is -1.00. The van der Waals surface area contributed by atoms with Crippen molar-refractivity contribution in [1.82, 2.24) is 5.32 Å². The van der Waals surface area contributed by atoms with E-state index in [2.05, 4.69) is 79.9 Å². The number of hydrogen-bond acceptors (Lipinski definition) is 18. The number of ether oxygens (including phenoxy) is 6. The predicted octanol–water partition coefficient (Wildman–Crippen LogP) is 8.94. The minimum Gasteiger partial charge on any atom is -0.394 e. The Morgan fingerprint density at radius 2 is 0.753 bits per heavy atom. The molecule has 1 amide bonds. The minimum atomic E-state index is -1.99. The van der Waals surface area contributed by atoms with E-state index in [-0.39, 0.29) is 18.9 Å². The van der Waals surface area contributed by atoms with Gasteiger partial charge in [0.25, 0.3) is 0 Å². The monoisotopic (exact) mass is 1270 g/mol. The number of carbonyl (C=O) groups excluding carboxylic acids is 1. The molecule has 17 atom stereocenters. The summed E-state index contributed by atoms with van der Waals surface area (Å²) in [5, 5.41) is 120. The van der Waals surface area contributed by atoms with Crippen LogP contribution in [0.3, 0.4) is 0 Å². The van der Waals surface area contributed by atoms with Crippen LogP contribution in [0.4, 0.5) is 0 Å². The summed E-state index contributed by atoms with van der Waals surface area (Å²) in [5.41, 5.74) is 0. The Morgan fingerprint density at radius 3 is 1.20 bits per heavy atom. The highest BCUT2D eigenvalue weighted by Gasteiger charge is 2.53. The van der Waals surface area contributed by atoms with Gasteiger partial charge in [0.2, 0.25) is 5.91 Å². The zero-order valence-electron chi connectivity index (χ0n) is 54.4. The third kappa shape index (κ3) is 33.8. The number of carbonyl (C=O) groups is 1. The molecule has 3 fully saturated rings. The van der Waals surface area contributed by atoms with Crippen molar-refractivity contribution in [2.24, 2.45) is 0 Å². The van der Waals surface area contributed by atoms with Crippen molar-refractivity contribution in [3.63, 3.8) is 0 Å². The van der Waals surface area contributed by atoms with E-state index in [4.69, 9.17) is 28.4 Å². The summed E-state index contributed by atoms with van der Waals surface area (Å²) in [6.07, 6.45) is 37.3. The quantitative estimate of drug-likeness (QED) is 0.0200. The van der Waals surface area contributed by atoms with Crippen LogP contribution < -0.4 is 5.32 Å². The van der Waals surface area contributed by atoms with Gasteiger partial charge in [-0.05, 0) is 83.5 Å². The van der Waals surface area contributed by atoms with Gasteiger partial charge in [0.15, 0.2) is 18.9 Å². The molecule has 89 heavy (non-hydrogen) atoms. The maximum atomic E-state index is 13.4. The van der Waals surface area contributed by atoms with E-state index in [1.807, 2.05) is 6.08 Å². The standard InChI is InChI=1S/C70H123NO18/c1-3-5-7-9-11-13-15-17-19-21-23-25-26-28-30-32-34-36-38-40-42-44-46-48-58(76)71-53(54(75)47-45-43-41-39-37-35-33-31-29-27-24-22-20-18-16-14-12-10-8-6-4-2)52-84-68-64(82)61(79)66(56(50-73)86-68)89-70-65(83)62(80)67(57(51-74)87-70)88-69-63(81)60(78)59(77)55(49-72)85-69/h15,17,21,23,26,28-29,31,37,39,45,47,53-57,59-70,72-75,77-83H,3-14,16,18-20,22,24-25,27,30,32-36,38,40-44,46,48-52H2,1-2H3,(H,71,76)/b17-15-,23-21-,28-26-,31-29+,39-37+,47-45+. The average Bonchev–Trinajstić information content (AvgIpc) is 2.09.